The van der Waals surface area contributed by atoms with Gasteiger partial charge in [0.25, 0.3) is 0 Å². The topological polar surface area (TPSA) is 73.3 Å². The van der Waals surface area contributed by atoms with E-state index in [1.54, 1.807) is 18.2 Å². The van der Waals surface area contributed by atoms with E-state index in [1.165, 1.54) is 0 Å². The van der Waals surface area contributed by atoms with Crippen molar-refractivity contribution in [2.75, 3.05) is 64.9 Å². The molecule has 0 radical (unpaired) electrons. The third-order valence-corrected chi connectivity index (χ3v) is 5.56. The highest BCUT2D eigenvalue weighted by atomic mass is 127. The number of piperazine rings is 1. The van der Waals surface area contributed by atoms with E-state index >= 15 is 0 Å². The molecule has 9 heteroatoms. The molecule has 0 atom stereocenters. The standard InChI is InChI=1S/C24H34N6O2.HI/c1-4-25-24(27-19-23(31)28(2)14-12-20-9-7-8-13-26-20)30-17-15-29(16-18-30)21-10-5-6-11-22(21)32-3;/h5-11,13H,4,12,14-19H2,1-3H3,(H,25,27);1H. The lowest BCUT2D eigenvalue weighted by atomic mass is 10.2. The number of pyridine rings is 1. The number of benzene rings is 1. The summed E-state index contributed by atoms with van der Waals surface area (Å²) in [5.41, 5.74) is 2.10. The largest absolute Gasteiger partial charge is 0.495 e. The van der Waals surface area contributed by atoms with Crippen LogP contribution >= 0.6 is 24.0 Å². The summed E-state index contributed by atoms with van der Waals surface area (Å²) in [4.78, 5) is 27.8. The number of hydrogen-bond acceptors (Lipinski definition) is 5. The van der Waals surface area contributed by atoms with Gasteiger partial charge in [-0.3, -0.25) is 9.78 Å². The van der Waals surface area contributed by atoms with Gasteiger partial charge in [0.1, 0.15) is 12.3 Å². The molecule has 1 aliphatic heterocycles. The average Bonchev–Trinajstić information content (AvgIpc) is 2.85. The monoisotopic (exact) mass is 566 g/mol. The van der Waals surface area contributed by atoms with Gasteiger partial charge in [-0.1, -0.05) is 18.2 Å². The van der Waals surface area contributed by atoms with Gasteiger partial charge in [0.05, 0.1) is 12.8 Å². The third-order valence-electron chi connectivity index (χ3n) is 5.56. The molecule has 0 bridgehead atoms. The molecular formula is C24H35IN6O2. The van der Waals surface area contributed by atoms with Crippen molar-refractivity contribution in [3.05, 3.63) is 54.4 Å². The van der Waals surface area contributed by atoms with Crippen LogP contribution in [0.4, 0.5) is 5.69 Å². The lowest BCUT2D eigenvalue weighted by Gasteiger charge is -2.38. The molecular weight excluding hydrogens is 531 g/mol. The van der Waals surface area contributed by atoms with E-state index in [2.05, 4.69) is 31.2 Å². The van der Waals surface area contributed by atoms with E-state index < -0.39 is 0 Å². The van der Waals surface area contributed by atoms with Gasteiger partial charge in [0.2, 0.25) is 5.91 Å². The molecule has 1 aromatic heterocycles. The molecule has 1 amide bonds. The molecule has 2 heterocycles. The summed E-state index contributed by atoms with van der Waals surface area (Å²) in [6, 6.07) is 13.9. The maximum atomic E-state index is 12.6. The summed E-state index contributed by atoms with van der Waals surface area (Å²) >= 11 is 0. The summed E-state index contributed by atoms with van der Waals surface area (Å²) in [6.07, 6.45) is 2.51. The number of methoxy groups -OCH3 is 1. The van der Waals surface area contributed by atoms with Gasteiger partial charge < -0.3 is 24.8 Å². The maximum absolute atomic E-state index is 12.6. The number of aliphatic imine (C=N–C) groups is 1. The first kappa shape index (κ1) is 26.7. The van der Waals surface area contributed by atoms with Gasteiger partial charge >= 0.3 is 0 Å². The number of likely N-dealkylation sites (N-methyl/N-ethyl adjacent to an activating group) is 1. The van der Waals surface area contributed by atoms with Crippen LogP contribution in [0.5, 0.6) is 5.75 Å². The predicted molar refractivity (Wildman–Crippen MR) is 144 cm³/mol. The van der Waals surface area contributed by atoms with Crippen molar-refractivity contribution in [1.29, 1.82) is 0 Å². The zero-order valence-electron chi connectivity index (χ0n) is 19.7. The highest BCUT2D eigenvalue weighted by molar-refractivity contribution is 14.0. The SMILES string of the molecule is CCNC(=NCC(=O)N(C)CCc1ccccn1)N1CCN(c2ccccc2OC)CC1.I. The van der Waals surface area contributed by atoms with Crippen LogP contribution in [-0.4, -0.2) is 86.6 Å². The third kappa shape index (κ3) is 7.76. The van der Waals surface area contributed by atoms with Crippen LogP contribution < -0.4 is 15.0 Å². The molecule has 1 fully saturated rings. The quantitative estimate of drug-likeness (QED) is 0.301. The first-order chi connectivity index (χ1) is 15.6. The number of anilines is 1. The molecule has 3 rings (SSSR count). The van der Waals surface area contributed by atoms with E-state index in [1.807, 2.05) is 50.4 Å². The van der Waals surface area contributed by atoms with Crippen molar-refractivity contribution in [3.63, 3.8) is 0 Å². The number of amides is 1. The lowest BCUT2D eigenvalue weighted by molar-refractivity contribution is -0.128. The van der Waals surface area contributed by atoms with Crippen LogP contribution in [0.2, 0.25) is 0 Å². The van der Waals surface area contributed by atoms with Gasteiger partial charge in [-0.05, 0) is 31.2 Å². The smallest absolute Gasteiger partial charge is 0.244 e. The van der Waals surface area contributed by atoms with E-state index in [9.17, 15) is 4.79 Å². The number of ether oxygens (including phenoxy) is 1. The Kier molecular flexibility index (Phi) is 11.2. The Hall–Kier alpha value is -2.56. The molecule has 1 saturated heterocycles. The molecule has 33 heavy (non-hydrogen) atoms. The summed E-state index contributed by atoms with van der Waals surface area (Å²) in [5, 5.41) is 3.33. The Morgan fingerprint density at radius 1 is 1.15 bits per heavy atom. The minimum Gasteiger partial charge on any atom is -0.495 e. The molecule has 8 nitrogen and oxygen atoms in total. The summed E-state index contributed by atoms with van der Waals surface area (Å²) in [5.74, 6) is 1.68. The molecule has 0 aliphatic carbocycles. The van der Waals surface area contributed by atoms with Crippen LogP contribution in [-0.2, 0) is 11.2 Å². The molecule has 2 aromatic rings. The Bertz CT molecular complexity index is 888. The van der Waals surface area contributed by atoms with Crippen molar-refractivity contribution < 1.29 is 9.53 Å². The zero-order valence-corrected chi connectivity index (χ0v) is 22.1. The number of rotatable bonds is 8. The Morgan fingerprint density at radius 3 is 2.55 bits per heavy atom. The predicted octanol–water partition coefficient (Wildman–Crippen LogP) is 2.50. The number of guanidine groups is 1. The number of hydrogen-bond donors (Lipinski definition) is 1. The second kappa shape index (κ2) is 13.9. The fraction of sp³-hybridized carbons (Fsp3) is 0.458. The van der Waals surface area contributed by atoms with Gasteiger partial charge in [-0.15, -0.1) is 24.0 Å². The van der Waals surface area contributed by atoms with Gasteiger partial charge in [-0.2, -0.15) is 0 Å². The lowest BCUT2D eigenvalue weighted by Crippen LogP contribution is -2.52. The molecule has 0 unspecified atom stereocenters. The van der Waals surface area contributed by atoms with Gasteiger partial charge in [-0.25, -0.2) is 4.99 Å². The first-order valence-electron chi connectivity index (χ1n) is 11.2. The minimum atomic E-state index is 0. The molecule has 1 N–H and O–H groups in total. The average molecular weight is 566 g/mol. The second-order valence-corrected chi connectivity index (χ2v) is 7.70. The van der Waals surface area contributed by atoms with Crippen LogP contribution in [0, 0.1) is 0 Å². The number of carbonyl (C=O) groups is 1. The molecule has 0 spiro atoms. The zero-order chi connectivity index (χ0) is 22.8. The number of carbonyl (C=O) groups excluding carboxylic acids is 1. The van der Waals surface area contributed by atoms with Crippen molar-refractivity contribution in [3.8, 4) is 5.75 Å². The van der Waals surface area contributed by atoms with Crippen LogP contribution in [0.1, 0.15) is 12.6 Å². The molecule has 180 valence electrons. The second-order valence-electron chi connectivity index (χ2n) is 7.70. The van der Waals surface area contributed by atoms with Crippen LogP contribution in [0.15, 0.2) is 53.7 Å². The Labute approximate surface area is 214 Å². The molecule has 0 saturated carbocycles. The van der Waals surface area contributed by atoms with Gasteiger partial charge in [0, 0.05) is 64.6 Å². The van der Waals surface area contributed by atoms with E-state index in [0.29, 0.717) is 6.54 Å². The van der Waals surface area contributed by atoms with E-state index in [0.717, 1.165) is 62.2 Å². The Morgan fingerprint density at radius 2 is 1.88 bits per heavy atom. The van der Waals surface area contributed by atoms with Crippen molar-refractivity contribution >= 4 is 41.5 Å². The summed E-state index contributed by atoms with van der Waals surface area (Å²) < 4.78 is 5.51. The number of aromatic nitrogens is 1. The van der Waals surface area contributed by atoms with Gasteiger partial charge in [0.15, 0.2) is 5.96 Å². The highest BCUT2D eigenvalue weighted by Gasteiger charge is 2.22. The first-order valence-corrected chi connectivity index (χ1v) is 11.2. The van der Waals surface area contributed by atoms with Crippen molar-refractivity contribution in [2.45, 2.75) is 13.3 Å². The fourth-order valence-electron chi connectivity index (χ4n) is 3.69. The number of para-hydroxylation sites is 2. The Balaban J connectivity index is 0.00000385. The number of halogens is 1. The highest BCUT2D eigenvalue weighted by Crippen LogP contribution is 2.28. The van der Waals surface area contributed by atoms with Crippen molar-refractivity contribution in [1.82, 2.24) is 20.1 Å². The molecule has 1 aromatic carbocycles. The van der Waals surface area contributed by atoms with E-state index in [-0.39, 0.29) is 36.4 Å². The number of nitrogens with zero attached hydrogens (tertiary/aromatic N) is 5. The maximum Gasteiger partial charge on any atom is 0.244 e. The minimum absolute atomic E-state index is 0. The van der Waals surface area contributed by atoms with E-state index in [4.69, 9.17) is 4.74 Å². The normalized spacial score (nSPS) is 13.8. The number of nitrogens with one attached hydrogen (secondary N) is 1. The molecule has 1 aliphatic rings. The summed E-state index contributed by atoms with van der Waals surface area (Å²) in [6.45, 7) is 6.94. The van der Waals surface area contributed by atoms with Crippen LogP contribution in [0.3, 0.4) is 0 Å². The van der Waals surface area contributed by atoms with Crippen LogP contribution in [0.25, 0.3) is 0 Å². The fourth-order valence-corrected chi connectivity index (χ4v) is 3.69. The van der Waals surface area contributed by atoms with Crippen molar-refractivity contribution in [2.24, 2.45) is 4.99 Å². The summed E-state index contributed by atoms with van der Waals surface area (Å²) in [7, 11) is 3.52.